The number of carbonyl (C=O) groups is 3. The molecular weight excluding hydrogens is 414 g/mol. The first-order chi connectivity index (χ1) is 14.8. The number of hydrogen-bond donors (Lipinski definition) is 2. The first-order valence-corrected chi connectivity index (χ1v) is 10.5. The van der Waals surface area contributed by atoms with Crippen molar-refractivity contribution >= 4 is 35.1 Å². The zero-order valence-corrected chi connectivity index (χ0v) is 18.3. The Bertz CT molecular complexity index is 961. The van der Waals surface area contributed by atoms with Crippen LogP contribution in [0.15, 0.2) is 54.6 Å². The number of amides is 2. The average Bonchev–Trinajstić information content (AvgIpc) is 2.75. The summed E-state index contributed by atoms with van der Waals surface area (Å²) in [5, 5.41) is 5.50. The van der Waals surface area contributed by atoms with Crippen molar-refractivity contribution in [3.63, 3.8) is 0 Å². The van der Waals surface area contributed by atoms with E-state index in [0.29, 0.717) is 18.7 Å². The van der Waals surface area contributed by atoms with Crippen LogP contribution in [-0.4, -0.2) is 53.0 Å². The van der Waals surface area contributed by atoms with Crippen LogP contribution >= 0.6 is 12.2 Å². The predicted molar refractivity (Wildman–Crippen MR) is 121 cm³/mol. The van der Waals surface area contributed by atoms with E-state index in [9.17, 15) is 14.4 Å². The van der Waals surface area contributed by atoms with Crippen molar-refractivity contribution in [3.8, 4) is 11.1 Å². The summed E-state index contributed by atoms with van der Waals surface area (Å²) in [7, 11) is 0. The van der Waals surface area contributed by atoms with Crippen LogP contribution in [0.1, 0.15) is 30.6 Å². The highest BCUT2D eigenvalue weighted by atomic mass is 32.1. The molecule has 2 aromatic carbocycles. The van der Waals surface area contributed by atoms with Gasteiger partial charge >= 0.3 is 5.97 Å². The van der Waals surface area contributed by atoms with E-state index in [2.05, 4.69) is 10.6 Å². The normalized spacial score (nSPS) is 15.9. The zero-order valence-electron chi connectivity index (χ0n) is 17.5. The van der Waals surface area contributed by atoms with Gasteiger partial charge in [-0.2, -0.15) is 0 Å². The van der Waals surface area contributed by atoms with Gasteiger partial charge in [-0.25, -0.2) is 0 Å². The van der Waals surface area contributed by atoms with E-state index in [0.717, 1.165) is 11.1 Å². The lowest BCUT2D eigenvalue weighted by Gasteiger charge is -2.36. The summed E-state index contributed by atoms with van der Waals surface area (Å²) in [4.78, 5) is 38.6. The number of nitrogens with one attached hydrogen (secondary N) is 2. The number of ether oxygens (including phenoxy) is 1. The van der Waals surface area contributed by atoms with Crippen molar-refractivity contribution in [3.05, 3.63) is 60.2 Å². The standard InChI is InChI=1S/C23H25N3O4S/c1-15(2)30-20(27)14-19-22(29)24-12-13-26(19)23(31)25-21(28)18-10-8-17(9-11-18)16-6-4-3-5-7-16/h3-11,15,19H,12-14H2,1-2H3,(H,24,29)(H,25,28,31). The van der Waals surface area contributed by atoms with Gasteiger partial charge < -0.3 is 15.0 Å². The Morgan fingerprint density at radius 3 is 2.42 bits per heavy atom. The monoisotopic (exact) mass is 439 g/mol. The Morgan fingerprint density at radius 2 is 1.77 bits per heavy atom. The Hall–Kier alpha value is -3.26. The zero-order chi connectivity index (χ0) is 22.4. The third-order valence-electron chi connectivity index (χ3n) is 4.79. The smallest absolute Gasteiger partial charge is 0.308 e. The molecule has 1 atom stereocenters. The Kier molecular flexibility index (Phi) is 7.36. The largest absolute Gasteiger partial charge is 0.463 e. The summed E-state index contributed by atoms with van der Waals surface area (Å²) in [6, 6.07) is 16.2. The van der Waals surface area contributed by atoms with Crippen LogP contribution < -0.4 is 10.6 Å². The Morgan fingerprint density at radius 1 is 1.13 bits per heavy atom. The van der Waals surface area contributed by atoms with Crippen LogP contribution in [0.2, 0.25) is 0 Å². The van der Waals surface area contributed by atoms with E-state index in [1.54, 1.807) is 30.9 Å². The molecule has 1 aliphatic heterocycles. The molecule has 1 unspecified atom stereocenters. The SMILES string of the molecule is CC(C)OC(=O)CC1C(=O)NCCN1C(=S)NC(=O)c1ccc(-c2ccccc2)cc1. The first kappa shape index (κ1) is 22.4. The molecule has 3 rings (SSSR count). The van der Waals surface area contributed by atoms with E-state index >= 15 is 0 Å². The molecule has 2 N–H and O–H groups in total. The number of nitrogens with zero attached hydrogens (tertiary/aromatic N) is 1. The van der Waals surface area contributed by atoms with Crippen molar-refractivity contribution in [2.24, 2.45) is 0 Å². The van der Waals surface area contributed by atoms with Crippen LogP contribution in [0.4, 0.5) is 0 Å². The molecule has 0 radical (unpaired) electrons. The lowest BCUT2D eigenvalue weighted by atomic mass is 10.0. The molecule has 7 nitrogen and oxygen atoms in total. The highest BCUT2D eigenvalue weighted by Gasteiger charge is 2.34. The fourth-order valence-corrected chi connectivity index (χ4v) is 3.63. The minimum atomic E-state index is -0.826. The quantitative estimate of drug-likeness (QED) is 0.550. The topological polar surface area (TPSA) is 87.7 Å². The average molecular weight is 440 g/mol. The van der Waals surface area contributed by atoms with Gasteiger partial charge in [-0.05, 0) is 49.3 Å². The number of thiocarbonyl (C=S) groups is 1. The fourth-order valence-electron chi connectivity index (χ4n) is 3.32. The third kappa shape index (κ3) is 5.88. The number of rotatable bonds is 5. The highest BCUT2D eigenvalue weighted by molar-refractivity contribution is 7.80. The second-order valence-electron chi connectivity index (χ2n) is 7.45. The first-order valence-electron chi connectivity index (χ1n) is 10.1. The van der Waals surface area contributed by atoms with Crippen LogP contribution in [0.25, 0.3) is 11.1 Å². The van der Waals surface area contributed by atoms with Crippen molar-refractivity contribution in [2.45, 2.75) is 32.4 Å². The van der Waals surface area contributed by atoms with Gasteiger partial charge in [0.25, 0.3) is 5.91 Å². The minimum absolute atomic E-state index is 0.106. The van der Waals surface area contributed by atoms with Gasteiger partial charge in [0.05, 0.1) is 12.5 Å². The second kappa shape index (κ2) is 10.2. The molecule has 0 spiro atoms. The Labute approximate surface area is 186 Å². The molecule has 1 saturated heterocycles. The lowest BCUT2D eigenvalue weighted by molar-refractivity contribution is -0.150. The van der Waals surface area contributed by atoms with E-state index in [1.165, 1.54) is 0 Å². The molecule has 162 valence electrons. The van der Waals surface area contributed by atoms with Gasteiger partial charge in [0.2, 0.25) is 5.91 Å². The molecule has 2 aromatic rings. The molecule has 0 aliphatic carbocycles. The van der Waals surface area contributed by atoms with E-state index < -0.39 is 12.0 Å². The molecule has 1 heterocycles. The molecular formula is C23H25N3O4S. The lowest BCUT2D eigenvalue weighted by Crippen LogP contribution is -2.60. The molecule has 0 bridgehead atoms. The molecule has 1 aliphatic rings. The maximum Gasteiger partial charge on any atom is 0.308 e. The van der Waals surface area contributed by atoms with Gasteiger partial charge in [-0.3, -0.25) is 19.7 Å². The molecule has 1 fully saturated rings. The molecule has 0 saturated carbocycles. The summed E-state index contributed by atoms with van der Waals surface area (Å²) in [6.45, 7) is 4.24. The van der Waals surface area contributed by atoms with Gasteiger partial charge in [-0.15, -0.1) is 0 Å². The van der Waals surface area contributed by atoms with Gasteiger partial charge in [-0.1, -0.05) is 42.5 Å². The predicted octanol–water partition coefficient (Wildman–Crippen LogP) is 2.51. The summed E-state index contributed by atoms with van der Waals surface area (Å²) in [5.41, 5.74) is 2.50. The number of benzene rings is 2. The van der Waals surface area contributed by atoms with E-state index in [-0.39, 0.29) is 29.5 Å². The van der Waals surface area contributed by atoms with E-state index in [1.807, 2.05) is 42.5 Å². The molecule has 2 amide bonds. The minimum Gasteiger partial charge on any atom is -0.463 e. The summed E-state index contributed by atoms with van der Waals surface area (Å²) >= 11 is 5.39. The van der Waals surface area contributed by atoms with Gasteiger partial charge in [0.15, 0.2) is 5.11 Å². The Balaban J connectivity index is 1.66. The second-order valence-corrected chi connectivity index (χ2v) is 7.83. The van der Waals surface area contributed by atoms with Crippen LogP contribution in [0.5, 0.6) is 0 Å². The molecule has 31 heavy (non-hydrogen) atoms. The van der Waals surface area contributed by atoms with Crippen LogP contribution in [0, 0.1) is 0 Å². The van der Waals surface area contributed by atoms with Crippen LogP contribution in [0.3, 0.4) is 0 Å². The van der Waals surface area contributed by atoms with Crippen molar-refractivity contribution in [1.82, 2.24) is 15.5 Å². The number of hydrogen-bond acceptors (Lipinski definition) is 5. The van der Waals surface area contributed by atoms with Crippen molar-refractivity contribution in [2.75, 3.05) is 13.1 Å². The van der Waals surface area contributed by atoms with Crippen molar-refractivity contribution in [1.29, 1.82) is 0 Å². The number of carbonyl (C=O) groups excluding carboxylic acids is 3. The fraction of sp³-hybridized carbons (Fsp3) is 0.304. The maximum absolute atomic E-state index is 12.7. The van der Waals surface area contributed by atoms with Gasteiger partial charge in [0.1, 0.15) is 6.04 Å². The van der Waals surface area contributed by atoms with Gasteiger partial charge in [0, 0.05) is 18.7 Å². The highest BCUT2D eigenvalue weighted by Crippen LogP contribution is 2.19. The van der Waals surface area contributed by atoms with Crippen LogP contribution in [-0.2, 0) is 14.3 Å². The van der Waals surface area contributed by atoms with E-state index in [4.69, 9.17) is 17.0 Å². The third-order valence-corrected chi connectivity index (χ3v) is 5.13. The maximum atomic E-state index is 12.7. The molecule has 8 heteroatoms. The van der Waals surface area contributed by atoms with Crippen molar-refractivity contribution < 1.29 is 19.1 Å². The molecule has 0 aromatic heterocycles. The summed E-state index contributed by atoms with van der Waals surface area (Å²) in [6.07, 6.45) is -0.427. The number of piperazine rings is 1. The summed E-state index contributed by atoms with van der Waals surface area (Å²) in [5.74, 6) is -1.19. The summed E-state index contributed by atoms with van der Waals surface area (Å²) < 4.78 is 5.15. The number of esters is 1.